The van der Waals surface area contributed by atoms with Gasteiger partial charge in [-0.25, -0.2) is 9.19 Å². The first kappa shape index (κ1) is 16.3. The number of methoxy groups -OCH3 is 1. The normalized spacial score (nSPS) is 10.7. The average Bonchev–Trinajstić information content (AvgIpc) is 2.99. The van der Waals surface area contributed by atoms with Crippen LogP contribution in [0.4, 0.5) is 5.69 Å². The van der Waals surface area contributed by atoms with Gasteiger partial charge in [-0.1, -0.05) is 12.1 Å². The predicted molar refractivity (Wildman–Crippen MR) is 99.5 cm³/mol. The fourth-order valence-corrected chi connectivity index (χ4v) is 3.27. The fraction of sp³-hybridized carbons (Fsp3) is 0.222. The molecule has 0 atom stereocenters. The van der Waals surface area contributed by atoms with E-state index in [-0.39, 0.29) is 0 Å². The lowest BCUT2D eigenvalue weighted by Crippen LogP contribution is -2.17. The van der Waals surface area contributed by atoms with Crippen molar-refractivity contribution in [3.63, 3.8) is 0 Å². The zero-order valence-corrected chi connectivity index (χ0v) is 14.9. The summed E-state index contributed by atoms with van der Waals surface area (Å²) in [5.41, 5.74) is 4.59. The van der Waals surface area contributed by atoms with E-state index in [4.69, 9.17) is 4.74 Å². The summed E-state index contributed by atoms with van der Waals surface area (Å²) in [5, 5.41) is 0. The third kappa shape index (κ3) is 2.80. The number of hydrogen-bond acceptors (Lipinski definition) is 4. The highest BCUT2D eigenvalue weighted by Gasteiger charge is 2.18. The molecule has 0 saturated carbocycles. The van der Waals surface area contributed by atoms with Gasteiger partial charge in [0.15, 0.2) is 5.82 Å². The van der Waals surface area contributed by atoms with Crippen LogP contribution in [-0.2, 0) is 11.3 Å². The zero-order chi connectivity index (χ0) is 17.3. The van der Waals surface area contributed by atoms with Gasteiger partial charge in [-0.2, -0.15) is 0 Å². The number of ether oxygens (including phenoxy) is 1. The molecular formula is C18H19N3O2S. The van der Waals surface area contributed by atoms with Crippen LogP contribution in [-0.4, -0.2) is 40.2 Å². The summed E-state index contributed by atoms with van der Waals surface area (Å²) in [6.45, 7) is 2.00. The first-order chi connectivity index (χ1) is 11.5. The van der Waals surface area contributed by atoms with Gasteiger partial charge >= 0.3 is 0 Å². The number of aromatic amines is 1. The Morgan fingerprint density at radius 3 is 2.71 bits per heavy atom. The van der Waals surface area contributed by atoms with Crippen molar-refractivity contribution in [2.45, 2.75) is 6.92 Å². The summed E-state index contributed by atoms with van der Waals surface area (Å²) in [7, 11) is 5.56. The van der Waals surface area contributed by atoms with E-state index in [1.165, 1.54) is 0 Å². The molecule has 0 aliphatic carbocycles. The van der Waals surface area contributed by atoms with Crippen molar-refractivity contribution in [2.24, 2.45) is 0 Å². The fourth-order valence-electron chi connectivity index (χ4n) is 2.74. The van der Waals surface area contributed by atoms with Crippen molar-refractivity contribution in [3.8, 4) is 5.75 Å². The first-order valence-electron chi connectivity index (χ1n) is 7.53. The van der Waals surface area contributed by atoms with Gasteiger partial charge in [0.25, 0.3) is 0 Å². The maximum atomic E-state index is 11.9. The van der Waals surface area contributed by atoms with Gasteiger partial charge in [-0.3, -0.25) is 0 Å². The van der Waals surface area contributed by atoms with Gasteiger partial charge in [0.1, 0.15) is 21.9 Å². The minimum absolute atomic E-state index is 0.462. The van der Waals surface area contributed by atoms with Gasteiger partial charge in [0.05, 0.1) is 18.1 Å². The molecule has 124 valence electrons. The Labute approximate surface area is 144 Å². The molecule has 1 aromatic heterocycles. The Hall–Kier alpha value is -2.60. The second kappa shape index (κ2) is 6.49. The lowest BCUT2D eigenvalue weighted by Gasteiger charge is -2.19. The molecule has 3 rings (SSSR count). The molecule has 24 heavy (non-hydrogen) atoms. The van der Waals surface area contributed by atoms with Crippen molar-refractivity contribution in [2.75, 3.05) is 26.1 Å². The molecule has 0 amide bonds. The Morgan fingerprint density at radius 2 is 2.04 bits per heavy atom. The van der Waals surface area contributed by atoms with Gasteiger partial charge in [-0.05, 0) is 30.7 Å². The van der Waals surface area contributed by atoms with E-state index in [1.54, 1.807) is 7.11 Å². The number of nitrogens with one attached hydrogen (secondary N) is 1. The molecule has 1 heterocycles. The van der Waals surface area contributed by atoms with Crippen LogP contribution in [0.2, 0.25) is 0 Å². The molecule has 0 aliphatic heterocycles. The average molecular weight is 341 g/mol. The minimum Gasteiger partial charge on any atom is -0.497 e. The second-order valence-corrected chi connectivity index (χ2v) is 6.32. The van der Waals surface area contributed by atoms with Gasteiger partial charge in [0.2, 0.25) is 0 Å². The monoisotopic (exact) mass is 341 g/mol. The lowest BCUT2D eigenvalue weighted by molar-refractivity contribution is 0.415. The van der Waals surface area contributed by atoms with Crippen LogP contribution in [0, 0.1) is 6.92 Å². The number of aromatic nitrogens is 2. The number of rotatable bonds is 4. The van der Waals surface area contributed by atoms with Crippen molar-refractivity contribution < 1.29 is 8.95 Å². The number of H-pyrrole nitrogens is 1. The topological polar surface area (TPSA) is 58.2 Å². The quantitative estimate of drug-likeness (QED) is 0.586. The highest BCUT2D eigenvalue weighted by atomic mass is 32.1. The summed E-state index contributed by atoms with van der Waals surface area (Å²) >= 11 is 0.462. The zero-order valence-electron chi connectivity index (χ0n) is 14.1. The highest BCUT2D eigenvalue weighted by Crippen LogP contribution is 2.26. The molecule has 6 heteroatoms. The standard InChI is InChI=1S/C18H19N3O2S/c1-11-6-5-7-15(21(2)3)16(11)17(24-22)18-19-13-9-8-12(23-4)10-14(13)20-18/h5-10H,1-4H3,(H,19,20). The van der Waals surface area contributed by atoms with Crippen LogP contribution in [0.15, 0.2) is 36.4 Å². The third-order valence-electron chi connectivity index (χ3n) is 3.95. The maximum absolute atomic E-state index is 11.9. The smallest absolute Gasteiger partial charge is 0.152 e. The van der Waals surface area contributed by atoms with E-state index < -0.39 is 0 Å². The summed E-state index contributed by atoms with van der Waals surface area (Å²) in [6.07, 6.45) is 0. The predicted octanol–water partition coefficient (Wildman–Crippen LogP) is 2.73. The van der Waals surface area contributed by atoms with Crippen LogP contribution < -0.4 is 9.64 Å². The van der Waals surface area contributed by atoms with E-state index in [0.29, 0.717) is 21.9 Å². The summed E-state index contributed by atoms with van der Waals surface area (Å²) < 4.78 is 17.2. The molecule has 0 fully saturated rings. The molecule has 0 spiro atoms. The van der Waals surface area contributed by atoms with Gasteiger partial charge in [-0.15, -0.1) is 0 Å². The highest BCUT2D eigenvalue weighted by molar-refractivity contribution is 7.67. The second-order valence-electron chi connectivity index (χ2n) is 5.74. The number of hydrogen-bond donors (Lipinski definition) is 1. The van der Waals surface area contributed by atoms with Crippen molar-refractivity contribution in [1.29, 1.82) is 0 Å². The summed E-state index contributed by atoms with van der Waals surface area (Å²) in [4.78, 5) is 10.4. The Morgan fingerprint density at radius 1 is 1.25 bits per heavy atom. The largest absolute Gasteiger partial charge is 0.497 e. The lowest BCUT2D eigenvalue weighted by atomic mass is 10.0. The van der Waals surface area contributed by atoms with Crippen LogP contribution in [0.25, 0.3) is 11.0 Å². The molecule has 5 nitrogen and oxygen atoms in total. The number of fused-ring (bicyclic) bond motifs is 1. The van der Waals surface area contributed by atoms with E-state index >= 15 is 0 Å². The molecule has 3 aromatic rings. The minimum atomic E-state index is 0.462. The van der Waals surface area contributed by atoms with Crippen molar-refractivity contribution in [1.82, 2.24) is 9.97 Å². The van der Waals surface area contributed by atoms with E-state index in [0.717, 1.165) is 33.6 Å². The maximum Gasteiger partial charge on any atom is 0.152 e. The van der Waals surface area contributed by atoms with Crippen LogP contribution in [0.5, 0.6) is 5.75 Å². The first-order valence-corrected chi connectivity index (χ1v) is 8.27. The number of imidazole rings is 1. The Kier molecular flexibility index (Phi) is 4.40. The Bertz CT molecular complexity index is 956. The SMILES string of the molecule is COc1ccc2nc(C(=S=O)c3c(C)cccc3N(C)C)[nH]c2c1. The Balaban J connectivity index is 2.19. The molecule has 1 N–H and O–H groups in total. The van der Waals surface area contributed by atoms with Crippen LogP contribution >= 0.6 is 0 Å². The van der Waals surface area contributed by atoms with Crippen molar-refractivity contribution in [3.05, 3.63) is 53.3 Å². The van der Waals surface area contributed by atoms with E-state index in [9.17, 15) is 4.21 Å². The van der Waals surface area contributed by atoms with E-state index in [2.05, 4.69) is 9.97 Å². The number of anilines is 1. The molecular weight excluding hydrogens is 322 g/mol. The summed E-state index contributed by atoms with van der Waals surface area (Å²) in [5.74, 6) is 1.33. The van der Waals surface area contributed by atoms with Gasteiger partial charge < -0.3 is 14.6 Å². The molecule has 2 aromatic carbocycles. The molecule has 0 radical (unpaired) electrons. The van der Waals surface area contributed by atoms with E-state index in [1.807, 2.05) is 62.3 Å². The number of nitrogens with zero attached hydrogens (tertiary/aromatic N) is 2. The van der Waals surface area contributed by atoms with Gasteiger partial charge in [0, 0.05) is 31.4 Å². The van der Waals surface area contributed by atoms with Crippen molar-refractivity contribution >= 4 is 32.8 Å². The third-order valence-corrected chi connectivity index (χ3v) is 4.51. The number of aryl methyl sites for hydroxylation is 1. The molecule has 0 aliphatic rings. The molecule has 0 bridgehead atoms. The molecule has 0 unspecified atom stereocenters. The number of benzene rings is 2. The van der Waals surface area contributed by atoms with Crippen LogP contribution in [0.3, 0.4) is 0 Å². The molecule has 0 saturated heterocycles. The summed E-state index contributed by atoms with van der Waals surface area (Å²) in [6, 6.07) is 11.6. The van der Waals surface area contributed by atoms with Crippen LogP contribution in [0.1, 0.15) is 17.0 Å².